The van der Waals surface area contributed by atoms with Crippen molar-refractivity contribution in [2.45, 2.75) is 18.3 Å². The maximum Gasteiger partial charge on any atom is 0.110 e. The fraction of sp³-hybridized carbons (Fsp3) is 1.00. The highest BCUT2D eigenvalue weighted by Gasteiger charge is 2.22. The number of aliphatic hydroxyl groups is 6. The van der Waals surface area contributed by atoms with Crippen LogP contribution in [0.25, 0.3) is 0 Å². The van der Waals surface area contributed by atoms with Crippen molar-refractivity contribution < 1.29 is 53.0 Å². The monoisotopic (exact) mass is 309 g/mol. The first-order chi connectivity index (χ1) is 7.69. The molecule has 0 saturated carbocycles. The predicted molar refractivity (Wildman–Crippen MR) is 65.8 cm³/mol. The first kappa shape index (κ1) is 27.3. The molecule has 19 heavy (non-hydrogen) atoms. The molecule has 0 saturated heterocycles. The van der Waals surface area contributed by atoms with Crippen LogP contribution in [0.5, 0.6) is 0 Å². The number of quaternary nitrogens is 1. The maximum absolute atomic E-state index is 8.77. The van der Waals surface area contributed by atoms with Gasteiger partial charge >= 0.3 is 0 Å². The van der Waals surface area contributed by atoms with Crippen LogP contribution in [0.1, 0.15) is 0 Å². The van der Waals surface area contributed by atoms with Crippen molar-refractivity contribution in [1.29, 1.82) is 0 Å². The van der Waals surface area contributed by atoms with Gasteiger partial charge in [0.25, 0.3) is 0 Å². The van der Waals surface area contributed by atoms with E-state index in [0.717, 1.165) is 11.0 Å². The van der Waals surface area contributed by atoms with Gasteiger partial charge in [-0.3, -0.25) is 0 Å². The van der Waals surface area contributed by atoms with Crippen LogP contribution in [-0.2, 0) is 0 Å². The first-order valence-corrected chi connectivity index (χ1v) is 5.36. The van der Waals surface area contributed by atoms with E-state index in [-0.39, 0.29) is 24.5 Å². The van der Waals surface area contributed by atoms with Gasteiger partial charge in [0.05, 0.1) is 41.0 Å². The van der Waals surface area contributed by atoms with E-state index in [1.807, 2.05) is 0 Å². The SMILES string of the molecule is C[N+](C)(C)CCO.O.OCC(O)C(O)C(O)CO.[Cl-]. The third-order valence-electron chi connectivity index (χ3n) is 1.93. The Bertz CT molecular complexity index is 170. The van der Waals surface area contributed by atoms with Gasteiger partial charge in [-0.15, -0.1) is 0 Å². The number of hydrogen-bond donors (Lipinski definition) is 6. The fourth-order valence-corrected chi connectivity index (χ4v) is 0.772. The maximum atomic E-state index is 8.77. The highest BCUT2D eigenvalue weighted by atomic mass is 35.5. The molecule has 0 aliphatic heterocycles. The Balaban J connectivity index is -0.000000112. The van der Waals surface area contributed by atoms with Crippen LogP contribution in [0.2, 0.25) is 0 Å². The topological polar surface area (TPSA) is 153 Å². The molecule has 0 aliphatic carbocycles. The molecular formula is C10H28ClNO7. The molecule has 8 nitrogen and oxygen atoms in total. The van der Waals surface area contributed by atoms with Gasteiger partial charge in [0.15, 0.2) is 0 Å². The standard InChI is InChI=1S/C5H14NO.C5H12O5.ClH.H2O/c1-6(2,3)4-5-7;6-1-3(8)5(10)4(9)2-7;;/h7H,4-5H2,1-3H3;3-10H,1-2H2;1H;1H2/q+1;;;/p-1. The van der Waals surface area contributed by atoms with E-state index in [4.69, 9.17) is 30.6 Å². The Labute approximate surface area is 119 Å². The lowest BCUT2D eigenvalue weighted by Gasteiger charge is -2.21. The average Bonchev–Trinajstić information content (AvgIpc) is 2.25. The molecule has 0 radical (unpaired) electrons. The minimum Gasteiger partial charge on any atom is -1.00 e. The largest absolute Gasteiger partial charge is 1.00 e. The molecule has 0 aliphatic rings. The summed E-state index contributed by atoms with van der Waals surface area (Å²) >= 11 is 0. The minimum atomic E-state index is -1.49. The smallest absolute Gasteiger partial charge is 0.110 e. The number of aliphatic hydroxyl groups excluding tert-OH is 6. The highest BCUT2D eigenvalue weighted by Crippen LogP contribution is 1.98. The molecule has 0 heterocycles. The van der Waals surface area contributed by atoms with E-state index in [1.165, 1.54) is 0 Å². The zero-order valence-corrected chi connectivity index (χ0v) is 12.3. The van der Waals surface area contributed by atoms with E-state index in [1.54, 1.807) is 0 Å². The molecule has 0 rings (SSSR count). The molecule has 9 heteroatoms. The third-order valence-corrected chi connectivity index (χ3v) is 1.93. The van der Waals surface area contributed by atoms with Gasteiger partial charge in [-0.2, -0.15) is 0 Å². The number of halogens is 1. The summed E-state index contributed by atoms with van der Waals surface area (Å²) in [4.78, 5) is 0. The van der Waals surface area contributed by atoms with Crippen molar-refractivity contribution in [3.8, 4) is 0 Å². The Morgan fingerprint density at radius 3 is 1.26 bits per heavy atom. The lowest BCUT2D eigenvalue weighted by Crippen LogP contribution is -3.00. The summed E-state index contributed by atoms with van der Waals surface area (Å²) in [6, 6.07) is 0. The van der Waals surface area contributed by atoms with E-state index in [2.05, 4.69) is 21.1 Å². The predicted octanol–water partition coefficient (Wildman–Crippen LogP) is -7.08. The normalized spacial score (nSPS) is 15.0. The van der Waals surface area contributed by atoms with Crippen molar-refractivity contribution in [2.24, 2.45) is 0 Å². The number of likely N-dealkylation sites (N-methyl/N-ethyl adjacent to an activating group) is 1. The van der Waals surface area contributed by atoms with Crippen molar-refractivity contribution in [3.63, 3.8) is 0 Å². The second kappa shape index (κ2) is 14.4. The van der Waals surface area contributed by atoms with Crippen molar-refractivity contribution in [3.05, 3.63) is 0 Å². The summed E-state index contributed by atoms with van der Waals surface area (Å²) in [5.74, 6) is 0. The lowest BCUT2D eigenvalue weighted by atomic mass is 10.1. The second-order valence-electron chi connectivity index (χ2n) is 4.73. The van der Waals surface area contributed by atoms with Crippen molar-refractivity contribution in [1.82, 2.24) is 0 Å². The van der Waals surface area contributed by atoms with Crippen molar-refractivity contribution in [2.75, 3.05) is 47.5 Å². The van der Waals surface area contributed by atoms with Crippen molar-refractivity contribution >= 4 is 0 Å². The molecule has 0 amide bonds. The average molecular weight is 310 g/mol. The molecular weight excluding hydrogens is 282 g/mol. The zero-order chi connectivity index (χ0) is 14.1. The third kappa shape index (κ3) is 18.0. The van der Waals surface area contributed by atoms with Gasteiger partial charge in [0.2, 0.25) is 0 Å². The van der Waals surface area contributed by atoms with Crippen LogP contribution < -0.4 is 12.4 Å². The van der Waals surface area contributed by atoms with Gasteiger partial charge in [-0.1, -0.05) is 0 Å². The molecule has 0 aromatic heterocycles. The van der Waals surface area contributed by atoms with Crippen LogP contribution in [0.3, 0.4) is 0 Å². The molecule has 0 aromatic rings. The Morgan fingerprint density at radius 1 is 0.842 bits per heavy atom. The molecule has 2 unspecified atom stereocenters. The van der Waals surface area contributed by atoms with E-state index in [0.29, 0.717) is 0 Å². The Kier molecular flexibility index (Phi) is 20.7. The van der Waals surface area contributed by atoms with Crippen LogP contribution in [0.4, 0.5) is 0 Å². The van der Waals surface area contributed by atoms with Gasteiger partial charge in [0.1, 0.15) is 24.9 Å². The molecule has 0 spiro atoms. The van der Waals surface area contributed by atoms with E-state index < -0.39 is 31.5 Å². The summed E-state index contributed by atoms with van der Waals surface area (Å²) in [7, 11) is 6.16. The quantitative estimate of drug-likeness (QED) is 0.268. The van der Waals surface area contributed by atoms with Crippen LogP contribution in [0, 0.1) is 0 Å². The summed E-state index contributed by atoms with van der Waals surface area (Å²) < 4.78 is 0.844. The van der Waals surface area contributed by atoms with E-state index in [9.17, 15) is 0 Å². The molecule has 0 fully saturated rings. The highest BCUT2D eigenvalue weighted by molar-refractivity contribution is 4.73. The Morgan fingerprint density at radius 2 is 1.16 bits per heavy atom. The number of hydrogen-bond acceptors (Lipinski definition) is 6. The van der Waals surface area contributed by atoms with E-state index >= 15 is 0 Å². The van der Waals surface area contributed by atoms with Crippen LogP contribution in [0.15, 0.2) is 0 Å². The summed E-state index contributed by atoms with van der Waals surface area (Å²) in [6.07, 6.45) is -4.29. The summed E-state index contributed by atoms with van der Waals surface area (Å²) in [6.45, 7) is -0.167. The first-order valence-electron chi connectivity index (χ1n) is 5.36. The molecule has 0 bridgehead atoms. The zero-order valence-electron chi connectivity index (χ0n) is 11.6. The number of rotatable bonds is 6. The van der Waals surface area contributed by atoms with Gasteiger partial charge < -0.3 is 53.0 Å². The lowest BCUT2D eigenvalue weighted by molar-refractivity contribution is -0.870. The molecule has 122 valence electrons. The summed E-state index contributed by atoms with van der Waals surface area (Å²) in [5.41, 5.74) is 0. The van der Waals surface area contributed by atoms with Crippen LogP contribution in [-0.4, -0.2) is 106 Å². The second-order valence-corrected chi connectivity index (χ2v) is 4.73. The molecule has 8 N–H and O–H groups in total. The fourth-order valence-electron chi connectivity index (χ4n) is 0.772. The summed E-state index contributed by atoms with van der Waals surface area (Å²) in [5, 5.41) is 51.0. The van der Waals surface area contributed by atoms with Gasteiger partial charge in [0, 0.05) is 0 Å². The minimum absolute atomic E-state index is 0. The van der Waals surface area contributed by atoms with Gasteiger partial charge in [-0.05, 0) is 0 Å². The Hall–Kier alpha value is -0.0300. The number of nitrogens with zero attached hydrogens (tertiary/aromatic N) is 1. The van der Waals surface area contributed by atoms with Crippen LogP contribution >= 0.6 is 0 Å². The molecule has 2 atom stereocenters. The molecule has 0 aromatic carbocycles. The van der Waals surface area contributed by atoms with Gasteiger partial charge in [-0.25, -0.2) is 0 Å².